The third-order valence-corrected chi connectivity index (χ3v) is 9.73. The number of hydrogen-bond donors (Lipinski definition) is 0. The van der Waals surface area contributed by atoms with E-state index in [0.717, 1.165) is 93.9 Å². The van der Waals surface area contributed by atoms with Crippen molar-refractivity contribution in [3.63, 3.8) is 0 Å². The molecule has 0 aliphatic heterocycles. The topological polar surface area (TPSA) is 64.5 Å². The molecular weight excluding hydrogens is 635 g/mol. The minimum atomic E-state index is 0.644. The predicted molar refractivity (Wildman–Crippen MR) is 213 cm³/mol. The van der Waals surface area contributed by atoms with Gasteiger partial charge in [0.15, 0.2) is 5.82 Å². The van der Waals surface area contributed by atoms with Crippen molar-refractivity contribution in [1.29, 1.82) is 0 Å². The van der Waals surface area contributed by atoms with Gasteiger partial charge < -0.3 is 0 Å². The number of fused-ring (bicyclic) bond motifs is 4. The van der Waals surface area contributed by atoms with Crippen LogP contribution in [0.5, 0.6) is 0 Å². The highest BCUT2D eigenvalue weighted by atomic mass is 14.9. The van der Waals surface area contributed by atoms with Crippen LogP contribution >= 0.6 is 0 Å². The monoisotopic (exact) mass is 663 g/mol. The first kappa shape index (κ1) is 29.8. The molecule has 0 spiro atoms. The summed E-state index contributed by atoms with van der Waals surface area (Å²) in [5.41, 5.74) is 13.0. The fraction of sp³-hybridized carbons (Fsp3) is 0. The van der Waals surface area contributed by atoms with Crippen molar-refractivity contribution < 1.29 is 0 Å². The maximum atomic E-state index is 5.16. The van der Waals surface area contributed by atoms with Gasteiger partial charge in [0.05, 0.1) is 33.5 Å². The van der Waals surface area contributed by atoms with E-state index in [1.807, 2.05) is 36.4 Å². The Kier molecular flexibility index (Phi) is 7.07. The van der Waals surface area contributed by atoms with Gasteiger partial charge >= 0.3 is 0 Å². The van der Waals surface area contributed by atoms with Crippen LogP contribution in [-0.4, -0.2) is 24.9 Å². The molecule has 0 fully saturated rings. The zero-order valence-electron chi connectivity index (χ0n) is 28.0. The summed E-state index contributed by atoms with van der Waals surface area (Å²) >= 11 is 0. The van der Waals surface area contributed by atoms with Gasteiger partial charge in [0.1, 0.15) is 0 Å². The smallest absolute Gasteiger partial charge is 0.160 e. The molecule has 10 aromatic rings. The number of nitrogens with zero attached hydrogens (tertiary/aromatic N) is 5. The fourth-order valence-corrected chi connectivity index (χ4v) is 7.34. The number of benzene rings is 6. The molecule has 4 aromatic heterocycles. The molecule has 10 rings (SSSR count). The Hall–Kier alpha value is -7.11. The van der Waals surface area contributed by atoms with Crippen LogP contribution < -0.4 is 0 Å². The van der Waals surface area contributed by atoms with Crippen LogP contribution in [0.1, 0.15) is 0 Å². The van der Waals surface area contributed by atoms with E-state index in [1.165, 1.54) is 0 Å². The molecule has 0 aliphatic carbocycles. The average molecular weight is 664 g/mol. The van der Waals surface area contributed by atoms with E-state index in [2.05, 4.69) is 132 Å². The number of para-hydroxylation sites is 4. The normalized spacial score (nSPS) is 11.5. The summed E-state index contributed by atoms with van der Waals surface area (Å²) < 4.78 is 0. The second kappa shape index (κ2) is 12.3. The largest absolute Gasteiger partial charge is 0.265 e. The lowest BCUT2D eigenvalue weighted by Crippen LogP contribution is -1.97. The summed E-state index contributed by atoms with van der Waals surface area (Å²) in [7, 11) is 0. The molecule has 52 heavy (non-hydrogen) atoms. The van der Waals surface area contributed by atoms with Crippen LogP contribution in [0, 0.1) is 0 Å². The van der Waals surface area contributed by atoms with E-state index in [4.69, 9.17) is 19.9 Å². The third kappa shape index (κ3) is 5.15. The van der Waals surface area contributed by atoms with Crippen molar-refractivity contribution in [1.82, 2.24) is 24.9 Å². The molecule has 0 radical (unpaired) electrons. The van der Waals surface area contributed by atoms with Crippen LogP contribution in [0.3, 0.4) is 0 Å². The van der Waals surface area contributed by atoms with Crippen molar-refractivity contribution >= 4 is 43.6 Å². The second-order valence-corrected chi connectivity index (χ2v) is 12.9. The lowest BCUT2D eigenvalue weighted by atomic mass is 9.93. The van der Waals surface area contributed by atoms with Gasteiger partial charge in [-0.25, -0.2) is 19.9 Å². The first-order valence-corrected chi connectivity index (χ1v) is 17.3. The van der Waals surface area contributed by atoms with Gasteiger partial charge in [-0.1, -0.05) is 109 Å². The van der Waals surface area contributed by atoms with Crippen LogP contribution in [0.15, 0.2) is 176 Å². The zero-order valence-corrected chi connectivity index (χ0v) is 28.0. The van der Waals surface area contributed by atoms with Gasteiger partial charge in [-0.2, -0.15) is 0 Å². The Labute approximate surface area is 300 Å². The third-order valence-electron chi connectivity index (χ3n) is 9.73. The fourth-order valence-electron chi connectivity index (χ4n) is 7.34. The Morgan fingerprint density at radius 3 is 1.10 bits per heavy atom. The van der Waals surface area contributed by atoms with Gasteiger partial charge in [0, 0.05) is 61.8 Å². The van der Waals surface area contributed by atoms with Gasteiger partial charge in [-0.05, 0) is 65.7 Å². The first-order chi connectivity index (χ1) is 25.8. The molecule has 0 atom stereocenters. The summed E-state index contributed by atoms with van der Waals surface area (Å²) in [5.74, 6) is 0.644. The summed E-state index contributed by atoms with van der Waals surface area (Å²) in [6, 6.07) is 56.8. The highest BCUT2D eigenvalue weighted by molar-refractivity contribution is 6.11. The molecule has 0 saturated heterocycles. The van der Waals surface area contributed by atoms with Crippen molar-refractivity contribution in [2.24, 2.45) is 0 Å². The average Bonchev–Trinajstić information content (AvgIpc) is 3.22. The van der Waals surface area contributed by atoms with E-state index >= 15 is 0 Å². The SMILES string of the molecule is c1cc(-c2cc(-c3cccc(-c4c5ccccc5nc5ccccc45)c3)nc(-c3ccncc3)n2)cc(-c2c3ccccc3nc3ccccc23)c1. The van der Waals surface area contributed by atoms with E-state index < -0.39 is 0 Å². The van der Waals surface area contributed by atoms with Crippen LogP contribution in [-0.2, 0) is 0 Å². The van der Waals surface area contributed by atoms with Crippen molar-refractivity contribution in [2.45, 2.75) is 0 Å². The summed E-state index contributed by atoms with van der Waals surface area (Å²) in [5, 5.41) is 4.47. The second-order valence-electron chi connectivity index (χ2n) is 12.9. The van der Waals surface area contributed by atoms with Gasteiger partial charge in [-0.3, -0.25) is 4.98 Å². The predicted octanol–water partition coefficient (Wildman–Crippen LogP) is 11.6. The van der Waals surface area contributed by atoms with E-state index in [-0.39, 0.29) is 0 Å². The van der Waals surface area contributed by atoms with Gasteiger partial charge in [-0.15, -0.1) is 0 Å². The lowest BCUT2D eigenvalue weighted by molar-refractivity contribution is 1.18. The van der Waals surface area contributed by atoms with Gasteiger partial charge in [0.25, 0.3) is 0 Å². The molecule has 0 unspecified atom stereocenters. The minimum Gasteiger partial charge on any atom is -0.265 e. The molecule has 4 heterocycles. The molecular formula is C47H29N5. The zero-order chi connectivity index (χ0) is 34.4. The Bertz CT molecular complexity index is 2680. The van der Waals surface area contributed by atoms with Crippen LogP contribution in [0.25, 0.3) is 99.8 Å². The van der Waals surface area contributed by atoms with Crippen molar-refractivity contribution in [3.05, 3.63) is 176 Å². The Morgan fingerprint density at radius 2 is 0.673 bits per heavy atom. The quantitative estimate of drug-likeness (QED) is 0.171. The highest BCUT2D eigenvalue weighted by Crippen LogP contribution is 2.39. The number of hydrogen-bond acceptors (Lipinski definition) is 5. The van der Waals surface area contributed by atoms with Crippen molar-refractivity contribution in [2.75, 3.05) is 0 Å². The molecule has 0 bridgehead atoms. The molecule has 5 heteroatoms. The molecule has 6 aromatic carbocycles. The van der Waals surface area contributed by atoms with E-state index in [1.54, 1.807) is 12.4 Å². The van der Waals surface area contributed by atoms with Gasteiger partial charge in [0.2, 0.25) is 0 Å². The summed E-state index contributed by atoms with van der Waals surface area (Å²) in [4.78, 5) is 24.5. The number of rotatable bonds is 5. The maximum absolute atomic E-state index is 5.16. The maximum Gasteiger partial charge on any atom is 0.160 e. The standard InChI is InChI=1S/C47H29N5/c1-5-19-39-35(15-1)45(36-16-2-6-20-40(36)49-39)33-13-9-11-31(27-33)43-29-44(52-47(51-43)30-23-25-48-26-24-30)32-12-10-14-34(28-32)46-37-17-3-7-21-41(37)50-42-22-8-4-18-38(42)46/h1-29H. The molecule has 5 nitrogen and oxygen atoms in total. The minimum absolute atomic E-state index is 0.644. The molecule has 0 N–H and O–H groups in total. The van der Waals surface area contributed by atoms with Crippen LogP contribution in [0.2, 0.25) is 0 Å². The number of pyridine rings is 3. The molecule has 0 saturated carbocycles. The van der Waals surface area contributed by atoms with E-state index in [9.17, 15) is 0 Å². The lowest BCUT2D eigenvalue weighted by Gasteiger charge is -2.14. The number of aromatic nitrogens is 5. The summed E-state index contributed by atoms with van der Waals surface area (Å²) in [6.07, 6.45) is 3.57. The highest BCUT2D eigenvalue weighted by Gasteiger charge is 2.16. The molecule has 0 amide bonds. The Balaban J connectivity index is 1.17. The molecule has 0 aliphatic rings. The van der Waals surface area contributed by atoms with E-state index in [0.29, 0.717) is 5.82 Å². The van der Waals surface area contributed by atoms with Crippen molar-refractivity contribution in [3.8, 4) is 56.2 Å². The summed E-state index contributed by atoms with van der Waals surface area (Å²) in [6.45, 7) is 0. The van der Waals surface area contributed by atoms with Crippen LogP contribution in [0.4, 0.5) is 0 Å². The Morgan fingerprint density at radius 1 is 0.288 bits per heavy atom. The molecule has 242 valence electrons. The first-order valence-electron chi connectivity index (χ1n) is 17.3.